The lowest BCUT2D eigenvalue weighted by atomic mass is 10.1. The van der Waals surface area contributed by atoms with Gasteiger partial charge < -0.3 is 4.74 Å². The van der Waals surface area contributed by atoms with Gasteiger partial charge in [-0.3, -0.25) is 9.59 Å². The maximum absolute atomic E-state index is 11.1. The molecule has 0 rings (SSSR count). The summed E-state index contributed by atoms with van der Waals surface area (Å²) < 4.78 is 4.78. The van der Waals surface area contributed by atoms with Gasteiger partial charge in [0.15, 0.2) is 0 Å². The quantitative estimate of drug-likeness (QED) is 0.451. The zero-order valence-corrected chi connectivity index (χ0v) is 8.47. The lowest BCUT2D eigenvalue weighted by Gasteiger charge is -2.01. The Kier molecular flexibility index (Phi) is 7.26. The summed E-state index contributed by atoms with van der Waals surface area (Å²) in [6.45, 7) is 4.36. The Bertz CT molecular complexity index is 146. The molecule has 0 aliphatic carbocycles. The van der Waals surface area contributed by atoms with Crippen molar-refractivity contribution in [1.29, 1.82) is 0 Å². The standard InChI is InChI=1S/C10H18O3/c1-3-5-6-9(11)8-10(12)13-7-4-2/h3-8H2,1-2H3. The Balaban J connectivity index is 3.47. The van der Waals surface area contributed by atoms with Crippen molar-refractivity contribution in [3.8, 4) is 0 Å². The third kappa shape index (κ3) is 7.50. The second-order valence-electron chi connectivity index (χ2n) is 3.04. The van der Waals surface area contributed by atoms with Crippen LogP contribution in [0.25, 0.3) is 0 Å². The molecule has 76 valence electrons. The molecule has 0 saturated heterocycles. The molecule has 0 unspecified atom stereocenters. The molecule has 0 N–H and O–H groups in total. The number of carbonyl (C=O) groups excluding carboxylic acids is 2. The van der Waals surface area contributed by atoms with E-state index in [1.807, 2.05) is 13.8 Å². The van der Waals surface area contributed by atoms with Crippen LogP contribution in [0.3, 0.4) is 0 Å². The van der Waals surface area contributed by atoms with Crippen LogP contribution in [-0.4, -0.2) is 18.4 Å². The molecule has 0 aliphatic heterocycles. The maximum atomic E-state index is 11.1. The van der Waals surface area contributed by atoms with Gasteiger partial charge in [-0.15, -0.1) is 0 Å². The fraction of sp³-hybridized carbons (Fsp3) is 0.800. The van der Waals surface area contributed by atoms with E-state index in [1.165, 1.54) is 0 Å². The van der Waals surface area contributed by atoms with Gasteiger partial charge in [-0.05, 0) is 12.8 Å². The molecule has 0 aromatic heterocycles. The Morgan fingerprint density at radius 3 is 2.38 bits per heavy atom. The molecule has 0 aromatic carbocycles. The van der Waals surface area contributed by atoms with Gasteiger partial charge in [0.2, 0.25) is 0 Å². The first-order valence-electron chi connectivity index (χ1n) is 4.88. The molecule has 13 heavy (non-hydrogen) atoms. The van der Waals surface area contributed by atoms with Crippen LogP contribution in [0, 0.1) is 0 Å². The van der Waals surface area contributed by atoms with E-state index in [0.717, 1.165) is 19.3 Å². The van der Waals surface area contributed by atoms with Crippen molar-refractivity contribution in [3.05, 3.63) is 0 Å². The van der Waals surface area contributed by atoms with Crippen molar-refractivity contribution >= 4 is 11.8 Å². The number of hydrogen-bond acceptors (Lipinski definition) is 3. The van der Waals surface area contributed by atoms with Crippen molar-refractivity contribution in [2.45, 2.75) is 46.0 Å². The number of ketones is 1. The molecule has 0 bridgehead atoms. The minimum absolute atomic E-state index is 0.0112. The molecule has 0 spiro atoms. The van der Waals surface area contributed by atoms with E-state index in [-0.39, 0.29) is 18.2 Å². The first-order chi connectivity index (χ1) is 6.20. The molecule has 0 aromatic rings. The average Bonchev–Trinajstić information content (AvgIpc) is 2.11. The Hall–Kier alpha value is -0.860. The molecule has 0 heterocycles. The topological polar surface area (TPSA) is 43.4 Å². The molecular formula is C10H18O3. The number of carbonyl (C=O) groups is 2. The van der Waals surface area contributed by atoms with Crippen LogP contribution < -0.4 is 0 Å². The van der Waals surface area contributed by atoms with Crippen molar-refractivity contribution in [2.24, 2.45) is 0 Å². The van der Waals surface area contributed by atoms with E-state index in [9.17, 15) is 9.59 Å². The maximum Gasteiger partial charge on any atom is 0.313 e. The Morgan fingerprint density at radius 1 is 1.15 bits per heavy atom. The van der Waals surface area contributed by atoms with E-state index in [0.29, 0.717) is 13.0 Å². The normalized spacial score (nSPS) is 9.69. The van der Waals surface area contributed by atoms with Crippen LogP contribution in [0.2, 0.25) is 0 Å². The smallest absolute Gasteiger partial charge is 0.313 e. The summed E-state index contributed by atoms with van der Waals surface area (Å²) in [6.07, 6.45) is 3.09. The monoisotopic (exact) mass is 186 g/mol. The molecule has 3 nitrogen and oxygen atoms in total. The molecule has 0 radical (unpaired) electrons. The first kappa shape index (κ1) is 12.1. The third-order valence-corrected chi connectivity index (χ3v) is 1.62. The third-order valence-electron chi connectivity index (χ3n) is 1.62. The van der Waals surface area contributed by atoms with Crippen LogP contribution in [-0.2, 0) is 14.3 Å². The van der Waals surface area contributed by atoms with Gasteiger partial charge in [-0.2, -0.15) is 0 Å². The van der Waals surface area contributed by atoms with Gasteiger partial charge >= 0.3 is 5.97 Å². The fourth-order valence-electron chi connectivity index (χ4n) is 0.890. The molecule has 3 heteroatoms. The minimum atomic E-state index is -0.386. The van der Waals surface area contributed by atoms with Gasteiger partial charge in [-0.1, -0.05) is 20.3 Å². The summed E-state index contributed by atoms with van der Waals surface area (Å²) >= 11 is 0. The van der Waals surface area contributed by atoms with Gasteiger partial charge in [0.25, 0.3) is 0 Å². The fourth-order valence-corrected chi connectivity index (χ4v) is 0.890. The van der Waals surface area contributed by atoms with Crippen molar-refractivity contribution in [1.82, 2.24) is 0 Å². The minimum Gasteiger partial charge on any atom is -0.465 e. The van der Waals surface area contributed by atoms with Crippen molar-refractivity contribution in [3.63, 3.8) is 0 Å². The zero-order valence-electron chi connectivity index (χ0n) is 8.47. The second kappa shape index (κ2) is 7.77. The number of ether oxygens (including phenoxy) is 1. The zero-order chi connectivity index (χ0) is 10.1. The number of Topliss-reactive ketones (excluding diaryl/α,β-unsaturated/α-hetero) is 1. The van der Waals surface area contributed by atoms with E-state index in [4.69, 9.17) is 4.74 Å². The number of esters is 1. The molecule has 0 saturated carbocycles. The van der Waals surface area contributed by atoms with E-state index < -0.39 is 0 Å². The second-order valence-corrected chi connectivity index (χ2v) is 3.04. The van der Waals surface area contributed by atoms with E-state index in [1.54, 1.807) is 0 Å². The van der Waals surface area contributed by atoms with Gasteiger partial charge in [0, 0.05) is 6.42 Å². The summed E-state index contributed by atoms with van der Waals surface area (Å²) in [5, 5.41) is 0. The SMILES string of the molecule is CCCCC(=O)CC(=O)OCCC. The van der Waals surface area contributed by atoms with Crippen LogP contribution in [0.1, 0.15) is 46.0 Å². The molecule has 0 fully saturated rings. The predicted octanol–water partition coefficient (Wildman–Crippen LogP) is 2.09. The van der Waals surface area contributed by atoms with Crippen LogP contribution in [0.5, 0.6) is 0 Å². The van der Waals surface area contributed by atoms with Crippen LogP contribution in [0.15, 0.2) is 0 Å². The van der Waals surface area contributed by atoms with Gasteiger partial charge in [-0.25, -0.2) is 0 Å². The highest BCUT2D eigenvalue weighted by Crippen LogP contribution is 1.99. The largest absolute Gasteiger partial charge is 0.465 e. The summed E-state index contributed by atoms with van der Waals surface area (Å²) in [4.78, 5) is 22.0. The van der Waals surface area contributed by atoms with E-state index >= 15 is 0 Å². The summed E-state index contributed by atoms with van der Waals surface area (Å²) in [6, 6.07) is 0. The summed E-state index contributed by atoms with van der Waals surface area (Å²) in [5.74, 6) is -0.397. The van der Waals surface area contributed by atoms with Crippen molar-refractivity contribution < 1.29 is 14.3 Å². The van der Waals surface area contributed by atoms with Crippen LogP contribution in [0.4, 0.5) is 0 Å². The highest BCUT2D eigenvalue weighted by Gasteiger charge is 2.09. The summed E-state index contributed by atoms with van der Waals surface area (Å²) in [7, 11) is 0. The average molecular weight is 186 g/mol. The number of hydrogen-bond donors (Lipinski definition) is 0. The predicted molar refractivity (Wildman–Crippen MR) is 50.4 cm³/mol. The molecule has 0 amide bonds. The van der Waals surface area contributed by atoms with Crippen LogP contribution >= 0.6 is 0 Å². The van der Waals surface area contributed by atoms with E-state index in [2.05, 4.69) is 0 Å². The van der Waals surface area contributed by atoms with Gasteiger partial charge in [0.05, 0.1) is 6.61 Å². The molecule has 0 aliphatic rings. The van der Waals surface area contributed by atoms with Crippen molar-refractivity contribution in [2.75, 3.05) is 6.61 Å². The van der Waals surface area contributed by atoms with Gasteiger partial charge in [0.1, 0.15) is 12.2 Å². The molecule has 0 atom stereocenters. The number of unbranched alkanes of at least 4 members (excludes halogenated alkanes) is 1. The Labute approximate surface area is 79.5 Å². The molecular weight excluding hydrogens is 168 g/mol. The Morgan fingerprint density at radius 2 is 1.85 bits per heavy atom. The summed E-state index contributed by atoms with van der Waals surface area (Å²) in [5.41, 5.74) is 0. The highest BCUT2D eigenvalue weighted by atomic mass is 16.5. The number of rotatable bonds is 7. The highest BCUT2D eigenvalue weighted by molar-refractivity contribution is 5.95. The lowest BCUT2D eigenvalue weighted by molar-refractivity contribution is -0.146. The first-order valence-corrected chi connectivity index (χ1v) is 4.88. The lowest BCUT2D eigenvalue weighted by Crippen LogP contribution is -2.11.